The van der Waals surface area contributed by atoms with Crippen molar-refractivity contribution in [1.29, 1.82) is 0 Å². The van der Waals surface area contributed by atoms with Gasteiger partial charge in [-0.05, 0) is 48.9 Å². The highest BCUT2D eigenvalue weighted by atomic mass is 16.6. The first-order valence-corrected chi connectivity index (χ1v) is 10.6. The first-order valence-electron chi connectivity index (χ1n) is 10.6. The molecule has 1 N–H and O–H groups in total. The molecule has 0 saturated carbocycles. The molecule has 0 saturated heterocycles. The van der Waals surface area contributed by atoms with Crippen LogP contribution in [0.3, 0.4) is 0 Å². The third-order valence-electron chi connectivity index (χ3n) is 5.45. The predicted molar refractivity (Wildman–Crippen MR) is 125 cm³/mol. The Balaban J connectivity index is 1.60. The van der Waals surface area contributed by atoms with Crippen molar-refractivity contribution >= 4 is 17.3 Å². The van der Waals surface area contributed by atoms with Crippen LogP contribution in [0.15, 0.2) is 66.7 Å². The zero-order chi connectivity index (χ0) is 23.4. The lowest BCUT2D eigenvalue weighted by Gasteiger charge is -2.28. The SMILES string of the molecule is Cc1ccc(NC(=O)C(c2ccccc2)N(C)Cc2ccc3c(c2)OCCO3)c([N+](=O)[O-])c1. The fraction of sp³-hybridized carbons (Fsp3) is 0.240. The topological polar surface area (TPSA) is 93.9 Å². The summed E-state index contributed by atoms with van der Waals surface area (Å²) in [6.07, 6.45) is 0. The Hall–Kier alpha value is -3.91. The highest BCUT2D eigenvalue weighted by Crippen LogP contribution is 2.33. The lowest BCUT2D eigenvalue weighted by Crippen LogP contribution is -2.34. The number of nitro groups is 1. The average molecular weight is 447 g/mol. The van der Waals surface area contributed by atoms with E-state index in [0.717, 1.165) is 16.7 Å². The average Bonchev–Trinajstić information content (AvgIpc) is 2.81. The van der Waals surface area contributed by atoms with Crippen LogP contribution in [-0.4, -0.2) is 36.0 Å². The number of fused-ring (bicyclic) bond motifs is 1. The second-order valence-electron chi connectivity index (χ2n) is 7.97. The number of nitrogens with one attached hydrogen (secondary N) is 1. The maximum absolute atomic E-state index is 13.4. The Morgan fingerprint density at radius 3 is 2.52 bits per heavy atom. The van der Waals surface area contributed by atoms with Crippen molar-refractivity contribution in [3.05, 3.63) is 93.5 Å². The molecule has 0 bridgehead atoms. The first kappa shape index (κ1) is 22.3. The number of hydrogen-bond acceptors (Lipinski definition) is 6. The smallest absolute Gasteiger partial charge is 0.293 e. The van der Waals surface area contributed by atoms with E-state index in [4.69, 9.17) is 9.47 Å². The Bertz CT molecular complexity index is 1170. The van der Waals surface area contributed by atoms with Gasteiger partial charge in [0.25, 0.3) is 5.69 Å². The number of amides is 1. The van der Waals surface area contributed by atoms with Crippen molar-refractivity contribution in [2.75, 3.05) is 25.6 Å². The number of nitrogens with zero attached hydrogens (tertiary/aromatic N) is 2. The summed E-state index contributed by atoms with van der Waals surface area (Å²) >= 11 is 0. The number of nitro benzene ring substituents is 1. The Labute approximate surface area is 191 Å². The number of carbonyl (C=O) groups is 1. The van der Waals surface area contributed by atoms with Gasteiger partial charge in [0.15, 0.2) is 11.5 Å². The van der Waals surface area contributed by atoms with Gasteiger partial charge in [0, 0.05) is 12.6 Å². The van der Waals surface area contributed by atoms with Crippen molar-refractivity contribution in [2.24, 2.45) is 0 Å². The van der Waals surface area contributed by atoms with Gasteiger partial charge in [0.05, 0.1) is 4.92 Å². The molecule has 8 heteroatoms. The molecule has 1 unspecified atom stereocenters. The molecule has 0 fully saturated rings. The van der Waals surface area contributed by atoms with Crippen molar-refractivity contribution < 1.29 is 19.2 Å². The van der Waals surface area contributed by atoms with E-state index < -0.39 is 11.0 Å². The van der Waals surface area contributed by atoms with Gasteiger partial charge in [-0.3, -0.25) is 19.8 Å². The summed E-state index contributed by atoms with van der Waals surface area (Å²) in [6.45, 7) is 3.25. The van der Waals surface area contributed by atoms with Gasteiger partial charge in [0.1, 0.15) is 24.9 Å². The van der Waals surface area contributed by atoms with Crippen LogP contribution < -0.4 is 14.8 Å². The minimum Gasteiger partial charge on any atom is -0.486 e. The van der Waals surface area contributed by atoms with E-state index in [2.05, 4.69) is 5.32 Å². The van der Waals surface area contributed by atoms with E-state index in [1.54, 1.807) is 19.1 Å². The number of anilines is 1. The van der Waals surface area contributed by atoms with E-state index in [9.17, 15) is 14.9 Å². The molecule has 3 aromatic rings. The second kappa shape index (κ2) is 9.70. The number of likely N-dealkylation sites (N-methyl/N-ethyl adjacent to an activating group) is 1. The van der Waals surface area contributed by atoms with Crippen LogP contribution in [0.25, 0.3) is 0 Å². The van der Waals surface area contributed by atoms with Crippen LogP contribution in [0.5, 0.6) is 11.5 Å². The first-order chi connectivity index (χ1) is 15.9. The maximum Gasteiger partial charge on any atom is 0.293 e. The zero-order valence-electron chi connectivity index (χ0n) is 18.5. The van der Waals surface area contributed by atoms with Gasteiger partial charge in [-0.25, -0.2) is 0 Å². The van der Waals surface area contributed by atoms with Gasteiger partial charge in [-0.1, -0.05) is 42.5 Å². The van der Waals surface area contributed by atoms with E-state index in [1.165, 1.54) is 6.07 Å². The largest absolute Gasteiger partial charge is 0.486 e. The minimum atomic E-state index is -0.666. The fourth-order valence-corrected chi connectivity index (χ4v) is 3.91. The molecule has 0 aliphatic carbocycles. The third kappa shape index (κ3) is 5.12. The highest BCUT2D eigenvalue weighted by molar-refractivity contribution is 5.97. The van der Waals surface area contributed by atoms with E-state index in [1.807, 2.05) is 60.5 Å². The molecule has 8 nitrogen and oxygen atoms in total. The van der Waals surface area contributed by atoms with Crippen LogP contribution >= 0.6 is 0 Å². The number of hydrogen-bond donors (Lipinski definition) is 1. The fourth-order valence-electron chi connectivity index (χ4n) is 3.91. The standard InChI is InChI=1S/C25H25N3O5/c1-17-8-10-20(21(14-17)28(30)31)26-25(29)24(19-6-4-3-5-7-19)27(2)16-18-9-11-22-23(15-18)33-13-12-32-22/h3-11,14-15,24H,12-13,16H2,1-2H3,(H,26,29). The van der Waals surface area contributed by atoms with Crippen LogP contribution in [-0.2, 0) is 11.3 Å². The minimum absolute atomic E-state index is 0.135. The number of ether oxygens (including phenoxy) is 2. The molecule has 1 atom stereocenters. The van der Waals surface area contributed by atoms with Crippen LogP contribution in [0.1, 0.15) is 22.7 Å². The summed E-state index contributed by atoms with van der Waals surface area (Å²) in [5, 5.41) is 14.3. The molecule has 0 radical (unpaired) electrons. The van der Waals surface area contributed by atoms with Crippen LogP contribution in [0.4, 0.5) is 11.4 Å². The predicted octanol–water partition coefficient (Wildman–Crippen LogP) is 4.49. The summed E-state index contributed by atoms with van der Waals surface area (Å²) in [7, 11) is 1.84. The van der Waals surface area contributed by atoms with Crippen LogP contribution in [0.2, 0.25) is 0 Å². The maximum atomic E-state index is 13.4. The van der Waals surface area contributed by atoms with Crippen molar-refractivity contribution in [1.82, 2.24) is 4.90 Å². The molecule has 1 aliphatic heterocycles. The third-order valence-corrected chi connectivity index (χ3v) is 5.45. The van der Waals surface area contributed by atoms with Crippen LogP contribution in [0, 0.1) is 17.0 Å². The lowest BCUT2D eigenvalue weighted by molar-refractivity contribution is -0.384. The molecule has 170 valence electrons. The summed E-state index contributed by atoms with van der Waals surface area (Å²) in [5.74, 6) is 1.04. The molecule has 0 spiro atoms. The highest BCUT2D eigenvalue weighted by Gasteiger charge is 2.28. The normalized spacial score (nSPS) is 13.4. The zero-order valence-corrected chi connectivity index (χ0v) is 18.5. The monoisotopic (exact) mass is 447 g/mol. The van der Waals surface area contributed by atoms with Crippen molar-refractivity contribution in [3.63, 3.8) is 0 Å². The second-order valence-corrected chi connectivity index (χ2v) is 7.97. The number of rotatable bonds is 7. The molecule has 0 aromatic heterocycles. The van der Waals surface area contributed by atoms with Gasteiger partial charge < -0.3 is 14.8 Å². The van der Waals surface area contributed by atoms with Crippen molar-refractivity contribution in [2.45, 2.75) is 19.5 Å². The Morgan fingerprint density at radius 2 is 1.79 bits per heavy atom. The Morgan fingerprint density at radius 1 is 1.06 bits per heavy atom. The molecule has 3 aromatic carbocycles. The molecular weight excluding hydrogens is 422 g/mol. The number of carbonyl (C=O) groups excluding carboxylic acids is 1. The Kier molecular flexibility index (Phi) is 6.55. The van der Waals surface area contributed by atoms with Crippen molar-refractivity contribution in [3.8, 4) is 11.5 Å². The molecule has 1 aliphatic rings. The summed E-state index contributed by atoms with van der Waals surface area (Å²) < 4.78 is 11.3. The van der Waals surface area contributed by atoms with E-state index >= 15 is 0 Å². The molecule has 4 rings (SSSR count). The van der Waals surface area contributed by atoms with Gasteiger partial charge in [-0.15, -0.1) is 0 Å². The van der Waals surface area contributed by atoms with E-state index in [-0.39, 0.29) is 17.3 Å². The number of aryl methyl sites for hydroxylation is 1. The molecular formula is C25H25N3O5. The summed E-state index contributed by atoms with van der Waals surface area (Å²) in [4.78, 5) is 26.3. The molecule has 33 heavy (non-hydrogen) atoms. The van der Waals surface area contributed by atoms with E-state index in [0.29, 0.717) is 31.3 Å². The number of benzene rings is 3. The lowest BCUT2D eigenvalue weighted by atomic mass is 10.0. The summed E-state index contributed by atoms with van der Waals surface area (Å²) in [5.41, 5.74) is 2.52. The molecule has 1 heterocycles. The quantitative estimate of drug-likeness (QED) is 0.424. The van der Waals surface area contributed by atoms with Gasteiger partial charge in [0.2, 0.25) is 5.91 Å². The van der Waals surface area contributed by atoms with Gasteiger partial charge >= 0.3 is 0 Å². The summed E-state index contributed by atoms with van der Waals surface area (Å²) in [6, 6.07) is 19.1. The van der Waals surface area contributed by atoms with Gasteiger partial charge in [-0.2, -0.15) is 0 Å². The molecule has 1 amide bonds.